The summed E-state index contributed by atoms with van der Waals surface area (Å²) in [7, 11) is -2.84. The van der Waals surface area contributed by atoms with E-state index in [2.05, 4.69) is 17.6 Å². The summed E-state index contributed by atoms with van der Waals surface area (Å²) >= 11 is 0. The van der Waals surface area contributed by atoms with E-state index in [-0.39, 0.29) is 23.6 Å². The fourth-order valence-corrected chi connectivity index (χ4v) is 4.10. The zero-order valence-electron chi connectivity index (χ0n) is 14.9. The summed E-state index contributed by atoms with van der Waals surface area (Å²) in [5.41, 5.74) is -0.506. The summed E-state index contributed by atoms with van der Waals surface area (Å²) in [6.45, 7) is 8.13. The standard InChI is InChI=1S/C16H32N2O4S/c1-5-6-7-14(12-17-15(19)22-16(2,3)4)18-13-8-10-23(20,21)11-9-13/h13-14,18H,5-12H2,1-4H3,(H,17,19). The van der Waals surface area contributed by atoms with Crippen molar-refractivity contribution in [1.82, 2.24) is 10.6 Å². The fourth-order valence-electron chi connectivity index (χ4n) is 2.61. The zero-order valence-corrected chi connectivity index (χ0v) is 15.7. The summed E-state index contributed by atoms with van der Waals surface area (Å²) in [5, 5.41) is 6.32. The van der Waals surface area contributed by atoms with Crippen LogP contribution in [0.5, 0.6) is 0 Å². The Morgan fingerprint density at radius 3 is 2.39 bits per heavy atom. The highest BCUT2D eigenvalue weighted by atomic mass is 32.2. The van der Waals surface area contributed by atoms with E-state index in [1.54, 1.807) is 0 Å². The van der Waals surface area contributed by atoms with E-state index in [1.807, 2.05) is 20.8 Å². The van der Waals surface area contributed by atoms with Crippen LogP contribution in [0.25, 0.3) is 0 Å². The molecule has 1 fully saturated rings. The van der Waals surface area contributed by atoms with Crippen LogP contribution in [0.4, 0.5) is 4.79 Å². The van der Waals surface area contributed by atoms with Crippen molar-refractivity contribution >= 4 is 15.9 Å². The van der Waals surface area contributed by atoms with Crippen molar-refractivity contribution in [3.8, 4) is 0 Å². The van der Waals surface area contributed by atoms with Gasteiger partial charge in [-0.25, -0.2) is 13.2 Å². The number of rotatable bonds is 7. The number of amides is 1. The number of unbranched alkanes of at least 4 members (excludes halogenated alkanes) is 1. The van der Waals surface area contributed by atoms with Crippen LogP contribution < -0.4 is 10.6 Å². The van der Waals surface area contributed by atoms with E-state index in [0.29, 0.717) is 19.4 Å². The van der Waals surface area contributed by atoms with Gasteiger partial charge in [-0.05, 0) is 40.0 Å². The first-order valence-corrected chi connectivity index (χ1v) is 10.4. The van der Waals surface area contributed by atoms with Crippen LogP contribution in [0.1, 0.15) is 59.8 Å². The van der Waals surface area contributed by atoms with Gasteiger partial charge in [0.05, 0.1) is 11.5 Å². The molecule has 1 saturated heterocycles. The number of sulfone groups is 1. The smallest absolute Gasteiger partial charge is 0.407 e. The number of nitrogens with one attached hydrogen (secondary N) is 2. The van der Waals surface area contributed by atoms with Crippen molar-refractivity contribution in [2.24, 2.45) is 0 Å². The Morgan fingerprint density at radius 1 is 1.26 bits per heavy atom. The molecule has 0 aromatic heterocycles. The van der Waals surface area contributed by atoms with Crippen LogP contribution >= 0.6 is 0 Å². The molecule has 23 heavy (non-hydrogen) atoms. The molecule has 1 aliphatic rings. The van der Waals surface area contributed by atoms with Gasteiger partial charge in [0.2, 0.25) is 0 Å². The topological polar surface area (TPSA) is 84.5 Å². The molecule has 0 aromatic carbocycles. The Balaban J connectivity index is 2.44. The second-order valence-corrected chi connectivity index (χ2v) is 9.62. The summed E-state index contributed by atoms with van der Waals surface area (Å²) in [6, 6.07) is 0.356. The average Bonchev–Trinajstić information content (AvgIpc) is 2.42. The van der Waals surface area contributed by atoms with Crippen molar-refractivity contribution in [3.63, 3.8) is 0 Å². The second kappa shape index (κ2) is 8.87. The monoisotopic (exact) mass is 348 g/mol. The fraction of sp³-hybridized carbons (Fsp3) is 0.938. The highest BCUT2D eigenvalue weighted by Crippen LogP contribution is 2.14. The summed E-state index contributed by atoms with van der Waals surface area (Å²) < 4.78 is 28.3. The van der Waals surface area contributed by atoms with Gasteiger partial charge in [-0.2, -0.15) is 0 Å². The number of alkyl carbamates (subject to hydrolysis) is 1. The van der Waals surface area contributed by atoms with E-state index in [0.717, 1.165) is 19.3 Å². The van der Waals surface area contributed by atoms with Crippen LogP contribution in [0, 0.1) is 0 Å². The van der Waals surface area contributed by atoms with Gasteiger partial charge in [-0.15, -0.1) is 0 Å². The SMILES string of the molecule is CCCCC(CNC(=O)OC(C)(C)C)NC1CCS(=O)(=O)CC1. The predicted molar refractivity (Wildman–Crippen MR) is 92.4 cm³/mol. The molecule has 0 bridgehead atoms. The number of hydrogen-bond donors (Lipinski definition) is 2. The third-order valence-electron chi connectivity index (χ3n) is 3.82. The van der Waals surface area contributed by atoms with Gasteiger partial charge >= 0.3 is 6.09 Å². The molecule has 6 nitrogen and oxygen atoms in total. The summed E-state index contributed by atoms with van der Waals surface area (Å²) in [6.07, 6.45) is 4.00. The maximum absolute atomic E-state index is 11.8. The largest absolute Gasteiger partial charge is 0.444 e. The van der Waals surface area contributed by atoms with Gasteiger partial charge in [0.15, 0.2) is 0 Å². The van der Waals surface area contributed by atoms with Gasteiger partial charge in [-0.1, -0.05) is 19.8 Å². The lowest BCUT2D eigenvalue weighted by Gasteiger charge is -2.29. The highest BCUT2D eigenvalue weighted by Gasteiger charge is 2.25. The lowest BCUT2D eigenvalue weighted by atomic mass is 10.1. The highest BCUT2D eigenvalue weighted by molar-refractivity contribution is 7.91. The van der Waals surface area contributed by atoms with Gasteiger partial charge in [0.25, 0.3) is 0 Å². The van der Waals surface area contributed by atoms with Crippen LogP contribution in [-0.2, 0) is 14.6 Å². The maximum Gasteiger partial charge on any atom is 0.407 e. The van der Waals surface area contributed by atoms with Crippen molar-refractivity contribution in [2.75, 3.05) is 18.1 Å². The second-order valence-electron chi connectivity index (χ2n) is 7.31. The van der Waals surface area contributed by atoms with Crippen molar-refractivity contribution < 1.29 is 17.9 Å². The molecule has 0 saturated carbocycles. The van der Waals surface area contributed by atoms with Gasteiger partial charge in [0.1, 0.15) is 15.4 Å². The minimum absolute atomic E-state index is 0.147. The first-order chi connectivity index (χ1) is 10.6. The lowest BCUT2D eigenvalue weighted by molar-refractivity contribution is 0.0520. The molecular weight excluding hydrogens is 316 g/mol. The predicted octanol–water partition coefficient (Wildman–Crippen LogP) is 2.24. The molecule has 2 N–H and O–H groups in total. The van der Waals surface area contributed by atoms with Crippen molar-refractivity contribution in [1.29, 1.82) is 0 Å². The molecule has 7 heteroatoms. The molecule has 0 spiro atoms. The number of hydrogen-bond acceptors (Lipinski definition) is 5. The third kappa shape index (κ3) is 9.15. The van der Waals surface area contributed by atoms with Crippen LogP contribution in [-0.4, -0.2) is 50.2 Å². The first-order valence-electron chi connectivity index (χ1n) is 8.54. The number of carbonyl (C=O) groups excluding carboxylic acids is 1. The minimum atomic E-state index is -2.84. The summed E-state index contributed by atoms with van der Waals surface area (Å²) in [4.78, 5) is 11.8. The van der Waals surface area contributed by atoms with E-state index < -0.39 is 21.5 Å². The molecule has 0 aliphatic carbocycles. The van der Waals surface area contributed by atoms with Gasteiger partial charge in [-0.3, -0.25) is 0 Å². The van der Waals surface area contributed by atoms with Crippen LogP contribution in [0.15, 0.2) is 0 Å². The van der Waals surface area contributed by atoms with E-state index in [4.69, 9.17) is 4.74 Å². The normalized spacial score (nSPS) is 20.0. The lowest BCUT2D eigenvalue weighted by Crippen LogP contribution is -2.48. The van der Waals surface area contributed by atoms with Crippen molar-refractivity contribution in [2.45, 2.75) is 77.5 Å². The molecular formula is C16H32N2O4S. The van der Waals surface area contributed by atoms with Gasteiger partial charge in [0, 0.05) is 18.6 Å². The van der Waals surface area contributed by atoms with E-state index in [1.165, 1.54) is 0 Å². The molecule has 1 rings (SSSR count). The summed E-state index contributed by atoms with van der Waals surface area (Å²) in [5.74, 6) is 0.509. The molecule has 1 heterocycles. The Hall–Kier alpha value is -0.820. The maximum atomic E-state index is 11.8. The Morgan fingerprint density at radius 2 is 1.87 bits per heavy atom. The van der Waals surface area contributed by atoms with E-state index in [9.17, 15) is 13.2 Å². The molecule has 136 valence electrons. The van der Waals surface area contributed by atoms with Gasteiger partial charge < -0.3 is 15.4 Å². The molecule has 1 unspecified atom stereocenters. The Bertz CT molecular complexity index is 457. The zero-order chi connectivity index (χ0) is 17.5. The van der Waals surface area contributed by atoms with Crippen LogP contribution in [0.2, 0.25) is 0 Å². The van der Waals surface area contributed by atoms with E-state index >= 15 is 0 Å². The quantitative estimate of drug-likeness (QED) is 0.737. The number of ether oxygens (including phenoxy) is 1. The molecule has 1 atom stereocenters. The minimum Gasteiger partial charge on any atom is -0.444 e. The third-order valence-corrected chi connectivity index (χ3v) is 5.54. The molecule has 1 amide bonds. The van der Waals surface area contributed by atoms with Crippen molar-refractivity contribution in [3.05, 3.63) is 0 Å². The molecule has 1 aliphatic heterocycles. The average molecular weight is 349 g/mol. The first kappa shape index (κ1) is 20.2. The molecule has 0 aromatic rings. The number of carbonyl (C=O) groups is 1. The van der Waals surface area contributed by atoms with Crippen LogP contribution in [0.3, 0.4) is 0 Å². The Kier molecular flexibility index (Phi) is 7.80. The molecule has 0 radical (unpaired) electrons. The Labute approximate surface area is 140 Å².